The summed E-state index contributed by atoms with van der Waals surface area (Å²) in [5, 5.41) is 3.37. The number of aryl methyl sites for hydroxylation is 1. The highest BCUT2D eigenvalue weighted by molar-refractivity contribution is 9.10. The monoisotopic (exact) mass is 337 g/mol. The Labute approximate surface area is 125 Å². The van der Waals surface area contributed by atoms with Gasteiger partial charge in [-0.3, -0.25) is 4.79 Å². The summed E-state index contributed by atoms with van der Waals surface area (Å²) in [5.74, 6) is -0.174. The van der Waals surface area contributed by atoms with Crippen molar-refractivity contribution in [2.24, 2.45) is 0 Å². The highest BCUT2D eigenvalue weighted by Crippen LogP contribution is 2.20. The van der Waals surface area contributed by atoms with Gasteiger partial charge in [0.2, 0.25) is 0 Å². The number of carbonyl (C=O) groups is 1. The van der Waals surface area contributed by atoms with Crippen molar-refractivity contribution in [2.75, 3.05) is 5.32 Å². The molecule has 4 heteroatoms. The second-order valence-electron chi connectivity index (χ2n) is 4.16. The number of hydrogen-bond acceptors (Lipinski definition) is 1. The molecule has 1 amide bonds. The first-order valence-corrected chi connectivity index (χ1v) is 7.12. The lowest BCUT2D eigenvalue weighted by molar-refractivity contribution is 0.102. The van der Waals surface area contributed by atoms with E-state index in [1.54, 1.807) is 18.2 Å². The molecule has 0 aliphatic heterocycles. The Morgan fingerprint density at radius 1 is 1.21 bits per heavy atom. The summed E-state index contributed by atoms with van der Waals surface area (Å²) in [5.41, 5.74) is 2.54. The van der Waals surface area contributed by atoms with Gasteiger partial charge in [0, 0.05) is 20.7 Å². The standard InChI is InChI=1S/C15H13BrClNO/c1-2-10-3-5-14(6-4-10)18-15(19)11-7-12(16)9-13(17)8-11/h3-9H,2H2,1H3,(H,18,19). The molecule has 0 aromatic heterocycles. The number of benzene rings is 2. The van der Waals surface area contributed by atoms with E-state index < -0.39 is 0 Å². The van der Waals surface area contributed by atoms with Gasteiger partial charge in [-0.2, -0.15) is 0 Å². The quantitative estimate of drug-likeness (QED) is 0.846. The first-order valence-electron chi connectivity index (χ1n) is 5.95. The number of carbonyl (C=O) groups excluding carboxylic acids is 1. The molecule has 2 rings (SSSR count). The Kier molecular flexibility index (Phi) is 4.61. The third kappa shape index (κ3) is 3.82. The van der Waals surface area contributed by atoms with Crippen LogP contribution in [0.3, 0.4) is 0 Å². The average Bonchev–Trinajstić information content (AvgIpc) is 2.38. The van der Waals surface area contributed by atoms with E-state index in [-0.39, 0.29) is 5.91 Å². The van der Waals surface area contributed by atoms with Crippen LogP contribution in [0.25, 0.3) is 0 Å². The zero-order valence-electron chi connectivity index (χ0n) is 10.4. The van der Waals surface area contributed by atoms with Gasteiger partial charge in [0.15, 0.2) is 0 Å². The highest BCUT2D eigenvalue weighted by atomic mass is 79.9. The molecule has 1 N–H and O–H groups in total. The minimum Gasteiger partial charge on any atom is -0.322 e. The fraction of sp³-hybridized carbons (Fsp3) is 0.133. The van der Waals surface area contributed by atoms with Crippen LogP contribution in [0, 0.1) is 0 Å². The fourth-order valence-corrected chi connectivity index (χ4v) is 2.57. The van der Waals surface area contributed by atoms with E-state index in [2.05, 4.69) is 28.2 Å². The van der Waals surface area contributed by atoms with Crippen molar-refractivity contribution in [3.63, 3.8) is 0 Å². The number of rotatable bonds is 3. The maximum Gasteiger partial charge on any atom is 0.255 e. The van der Waals surface area contributed by atoms with Gasteiger partial charge in [0.25, 0.3) is 5.91 Å². The SMILES string of the molecule is CCc1ccc(NC(=O)c2cc(Cl)cc(Br)c2)cc1. The van der Waals surface area contributed by atoms with Crippen LogP contribution in [0.1, 0.15) is 22.8 Å². The van der Waals surface area contributed by atoms with Gasteiger partial charge in [-0.05, 0) is 42.3 Å². The van der Waals surface area contributed by atoms with Gasteiger partial charge in [-0.25, -0.2) is 0 Å². The minimum atomic E-state index is -0.174. The number of halogens is 2. The van der Waals surface area contributed by atoms with E-state index in [0.717, 1.165) is 16.6 Å². The van der Waals surface area contributed by atoms with Crippen molar-refractivity contribution in [3.05, 3.63) is 63.1 Å². The van der Waals surface area contributed by atoms with Crippen LogP contribution in [-0.2, 0) is 6.42 Å². The summed E-state index contributed by atoms with van der Waals surface area (Å²) in [7, 11) is 0. The second-order valence-corrected chi connectivity index (χ2v) is 5.51. The maximum absolute atomic E-state index is 12.1. The van der Waals surface area contributed by atoms with Crippen molar-refractivity contribution < 1.29 is 4.79 Å². The summed E-state index contributed by atoms with van der Waals surface area (Å²) >= 11 is 9.25. The van der Waals surface area contributed by atoms with Crippen LogP contribution in [0.2, 0.25) is 5.02 Å². The molecule has 0 atom stereocenters. The van der Waals surface area contributed by atoms with E-state index in [9.17, 15) is 4.79 Å². The lowest BCUT2D eigenvalue weighted by Gasteiger charge is -2.07. The van der Waals surface area contributed by atoms with E-state index in [4.69, 9.17) is 11.6 Å². The molecule has 0 saturated carbocycles. The summed E-state index contributed by atoms with van der Waals surface area (Å²) in [4.78, 5) is 12.1. The average molecular weight is 339 g/mol. The van der Waals surface area contributed by atoms with Crippen LogP contribution < -0.4 is 5.32 Å². The van der Waals surface area contributed by atoms with E-state index >= 15 is 0 Å². The molecule has 0 fully saturated rings. The summed E-state index contributed by atoms with van der Waals surface area (Å²) < 4.78 is 0.784. The summed E-state index contributed by atoms with van der Waals surface area (Å²) in [6.07, 6.45) is 0.982. The van der Waals surface area contributed by atoms with Crippen LogP contribution in [0.5, 0.6) is 0 Å². The number of amides is 1. The Morgan fingerprint density at radius 3 is 2.47 bits per heavy atom. The molecule has 0 heterocycles. The van der Waals surface area contributed by atoms with Crippen LogP contribution in [-0.4, -0.2) is 5.91 Å². The van der Waals surface area contributed by atoms with Crippen molar-refractivity contribution in [1.29, 1.82) is 0 Å². The smallest absolute Gasteiger partial charge is 0.255 e. The normalized spacial score (nSPS) is 10.3. The topological polar surface area (TPSA) is 29.1 Å². The largest absolute Gasteiger partial charge is 0.322 e. The Hall–Kier alpha value is -1.32. The van der Waals surface area contributed by atoms with Crippen molar-refractivity contribution in [3.8, 4) is 0 Å². The van der Waals surface area contributed by atoms with Gasteiger partial charge in [0.05, 0.1) is 0 Å². The summed E-state index contributed by atoms with van der Waals surface area (Å²) in [6.45, 7) is 2.09. The Balaban J connectivity index is 2.15. The molecular weight excluding hydrogens is 326 g/mol. The molecule has 2 nitrogen and oxygen atoms in total. The van der Waals surface area contributed by atoms with Crippen LogP contribution in [0.15, 0.2) is 46.9 Å². The van der Waals surface area contributed by atoms with Crippen molar-refractivity contribution in [2.45, 2.75) is 13.3 Å². The van der Waals surface area contributed by atoms with Gasteiger partial charge in [0.1, 0.15) is 0 Å². The van der Waals surface area contributed by atoms with Crippen molar-refractivity contribution >= 4 is 39.1 Å². The fourth-order valence-electron chi connectivity index (χ4n) is 1.71. The lowest BCUT2D eigenvalue weighted by Crippen LogP contribution is -2.11. The predicted molar refractivity (Wildman–Crippen MR) is 82.9 cm³/mol. The van der Waals surface area contributed by atoms with Gasteiger partial charge >= 0.3 is 0 Å². The third-order valence-corrected chi connectivity index (χ3v) is 3.42. The zero-order valence-corrected chi connectivity index (χ0v) is 12.8. The molecule has 2 aromatic carbocycles. The van der Waals surface area contributed by atoms with Crippen LogP contribution >= 0.6 is 27.5 Å². The first kappa shape index (κ1) is 14.1. The van der Waals surface area contributed by atoms with Gasteiger partial charge < -0.3 is 5.32 Å². The van der Waals surface area contributed by atoms with E-state index in [0.29, 0.717) is 10.6 Å². The summed E-state index contributed by atoms with van der Waals surface area (Å²) in [6, 6.07) is 12.9. The van der Waals surface area contributed by atoms with E-state index in [1.165, 1.54) is 5.56 Å². The number of hydrogen-bond donors (Lipinski definition) is 1. The zero-order chi connectivity index (χ0) is 13.8. The maximum atomic E-state index is 12.1. The van der Waals surface area contributed by atoms with E-state index in [1.807, 2.05) is 24.3 Å². The number of anilines is 1. The van der Waals surface area contributed by atoms with Gasteiger partial charge in [-0.15, -0.1) is 0 Å². The molecule has 0 saturated heterocycles. The molecule has 0 spiro atoms. The molecule has 0 aliphatic carbocycles. The lowest BCUT2D eigenvalue weighted by atomic mass is 10.1. The Bertz CT molecular complexity index is 575. The molecule has 0 unspecified atom stereocenters. The molecule has 98 valence electrons. The molecule has 0 aliphatic rings. The number of nitrogens with one attached hydrogen (secondary N) is 1. The first-order chi connectivity index (χ1) is 9.08. The molecule has 2 aromatic rings. The molecule has 0 radical (unpaired) electrons. The Morgan fingerprint density at radius 2 is 1.89 bits per heavy atom. The molecule has 0 bridgehead atoms. The van der Waals surface area contributed by atoms with Crippen molar-refractivity contribution in [1.82, 2.24) is 0 Å². The highest BCUT2D eigenvalue weighted by Gasteiger charge is 2.08. The van der Waals surface area contributed by atoms with Gasteiger partial charge in [-0.1, -0.05) is 46.6 Å². The molecule has 19 heavy (non-hydrogen) atoms. The van der Waals surface area contributed by atoms with Crippen LogP contribution in [0.4, 0.5) is 5.69 Å². The molecular formula is C15H13BrClNO. The third-order valence-electron chi connectivity index (χ3n) is 2.74. The predicted octanol–water partition coefficient (Wildman–Crippen LogP) is 4.92. The minimum absolute atomic E-state index is 0.174. The second kappa shape index (κ2) is 6.22.